The predicted octanol–water partition coefficient (Wildman–Crippen LogP) is 4.18. The van der Waals surface area contributed by atoms with E-state index in [1.807, 2.05) is 48.5 Å². The highest BCUT2D eigenvalue weighted by molar-refractivity contribution is 9.10. The molecule has 1 aromatic heterocycles. The van der Waals surface area contributed by atoms with Crippen LogP contribution < -0.4 is 4.74 Å². The standard InChI is InChI=1S/C17H15BrN4OS/c1-23-15-8-4-12(5-9-15)10-16-20-21-17(24)22(16)19-11-13-2-6-14(18)7-3-13/h2-9,11H,10H2,1H3,(H,21,24)/b19-11-. The Morgan fingerprint density at radius 3 is 2.58 bits per heavy atom. The molecule has 0 fully saturated rings. The average molecular weight is 403 g/mol. The molecule has 0 amide bonds. The fraction of sp³-hybridized carbons (Fsp3) is 0.118. The fourth-order valence-electron chi connectivity index (χ4n) is 2.16. The van der Waals surface area contributed by atoms with Crippen molar-refractivity contribution in [1.82, 2.24) is 14.9 Å². The summed E-state index contributed by atoms with van der Waals surface area (Å²) in [5, 5.41) is 11.5. The monoisotopic (exact) mass is 402 g/mol. The van der Waals surface area contributed by atoms with Crippen molar-refractivity contribution in [1.29, 1.82) is 0 Å². The summed E-state index contributed by atoms with van der Waals surface area (Å²) in [5.74, 6) is 1.57. The van der Waals surface area contributed by atoms with Gasteiger partial charge in [-0.25, -0.2) is 0 Å². The van der Waals surface area contributed by atoms with E-state index in [0.717, 1.165) is 27.2 Å². The molecule has 0 unspecified atom stereocenters. The number of H-pyrrole nitrogens is 1. The Hall–Kier alpha value is -2.25. The quantitative estimate of drug-likeness (QED) is 0.514. The first kappa shape index (κ1) is 16.6. The van der Waals surface area contributed by atoms with E-state index in [1.54, 1.807) is 18.0 Å². The first-order valence-corrected chi connectivity index (χ1v) is 8.45. The van der Waals surface area contributed by atoms with Crippen LogP contribution in [0.3, 0.4) is 0 Å². The second-order valence-corrected chi connectivity index (χ2v) is 6.38. The van der Waals surface area contributed by atoms with Crippen molar-refractivity contribution >= 4 is 34.4 Å². The molecule has 1 heterocycles. The van der Waals surface area contributed by atoms with Crippen LogP contribution in [-0.2, 0) is 6.42 Å². The number of aromatic nitrogens is 3. The van der Waals surface area contributed by atoms with Crippen LogP contribution in [0.4, 0.5) is 0 Å². The summed E-state index contributed by atoms with van der Waals surface area (Å²) in [6, 6.07) is 15.7. The Morgan fingerprint density at radius 1 is 1.21 bits per heavy atom. The smallest absolute Gasteiger partial charge is 0.216 e. The number of nitrogens with one attached hydrogen (secondary N) is 1. The number of hydrogen-bond donors (Lipinski definition) is 1. The summed E-state index contributed by atoms with van der Waals surface area (Å²) in [4.78, 5) is 0. The molecular weight excluding hydrogens is 388 g/mol. The zero-order valence-corrected chi connectivity index (χ0v) is 15.3. The van der Waals surface area contributed by atoms with Gasteiger partial charge in [-0.2, -0.15) is 14.9 Å². The second kappa shape index (κ2) is 7.55. The van der Waals surface area contributed by atoms with Gasteiger partial charge in [-0.1, -0.05) is 40.2 Å². The lowest BCUT2D eigenvalue weighted by Gasteiger charge is -2.03. The summed E-state index contributed by atoms with van der Waals surface area (Å²) >= 11 is 8.68. The molecule has 24 heavy (non-hydrogen) atoms. The number of benzene rings is 2. The molecule has 0 bridgehead atoms. The SMILES string of the molecule is COc1ccc(Cc2n[nH]c(=S)n2/N=C\c2ccc(Br)cc2)cc1. The van der Waals surface area contributed by atoms with Crippen LogP contribution in [0.25, 0.3) is 0 Å². The fourth-order valence-corrected chi connectivity index (χ4v) is 2.62. The van der Waals surface area contributed by atoms with Gasteiger partial charge in [-0.3, -0.25) is 5.10 Å². The van der Waals surface area contributed by atoms with Crippen LogP contribution in [-0.4, -0.2) is 28.2 Å². The number of nitrogens with zero attached hydrogens (tertiary/aromatic N) is 3. The molecular formula is C17H15BrN4OS. The normalized spacial score (nSPS) is 11.1. The maximum absolute atomic E-state index is 5.27. The Morgan fingerprint density at radius 2 is 1.92 bits per heavy atom. The van der Waals surface area contributed by atoms with Gasteiger partial charge in [-0.15, -0.1) is 0 Å². The Bertz CT molecular complexity index is 898. The zero-order chi connectivity index (χ0) is 16.9. The van der Waals surface area contributed by atoms with Crippen LogP contribution in [0.2, 0.25) is 0 Å². The van der Waals surface area contributed by atoms with Crippen molar-refractivity contribution in [3.8, 4) is 5.75 Å². The summed E-state index contributed by atoms with van der Waals surface area (Å²) in [7, 11) is 1.65. The third kappa shape index (κ3) is 3.98. The Kier molecular flexibility index (Phi) is 5.22. The first-order chi connectivity index (χ1) is 11.7. The molecule has 5 nitrogen and oxygen atoms in total. The number of hydrogen-bond acceptors (Lipinski definition) is 4. The number of rotatable bonds is 5. The van der Waals surface area contributed by atoms with Crippen molar-refractivity contribution in [2.24, 2.45) is 5.10 Å². The van der Waals surface area contributed by atoms with Crippen molar-refractivity contribution in [3.05, 3.63) is 74.7 Å². The van der Waals surface area contributed by atoms with Gasteiger partial charge in [0.2, 0.25) is 4.77 Å². The maximum Gasteiger partial charge on any atom is 0.216 e. The lowest BCUT2D eigenvalue weighted by atomic mass is 10.1. The molecule has 122 valence electrons. The number of methoxy groups -OCH3 is 1. The lowest BCUT2D eigenvalue weighted by Crippen LogP contribution is -2.00. The van der Waals surface area contributed by atoms with E-state index < -0.39 is 0 Å². The van der Waals surface area contributed by atoms with Gasteiger partial charge >= 0.3 is 0 Å². The van der Waals surface area contributed by atoms with Gasteiger partial charge in [0, 0.05) is 10.9 Å². The highest BCUT2D eigenvalue weighted by Gasteiger charge is 2.06. The van der Waals surface area contributed by atoms with Crippen LogP contribution in [0.1, 0.15) is 17.0 Å². The van der Waals surface area contributed by atoms with Crippen LogP contribution in [0.5, 0.6) is 5.75 Å². The largest absolute Gasteiger partial charge is 0.497 e. The van der Waals surface area contributed by atoms with E-state index in [1.165, 1.54) is 0 Å². The molecule has 0 atom stereocenters. The number of halogens is 1. The van der Waals surface area contributed by atoms with Gasteiger partial charge in [0.15, 0.2) is 5.82 Å². The van der Waals surface area contributed by atoms with Gasteiger partial charge < -0.3 is 4.74 Å². The Balaban J connectivity index is 1.82. The molecule has 0 aliphatic heterocycles. The van der Waals surface area contributed by atoms with E-state index in [4.69, 9.17) is 17.0 Å². The van der Waals surface area contributed by atoms with Crippen LogP contribution in [0, 0.1) is 4.77 Å². The van der Waals surface area contributed by atoms with E-state index in [0.29, 0.717) is 11.2 Å². The number of aromatic amines is 1. The molecule has 3 aromatic rings. The van der Waals surface area contributed by atoms with Gasteiger partial charge in [-0.05, 0) is 47.6 Å². The molecule has 0 aliphatic carbocycles. The molecule has 0 saturated heterocycles. The molecule has 0 saturated carbocycles. The minimum absolute atomic E-state index is 0.465. The molecule has 2 aromatic carbocycles. The topological polar surface area (TPSA) is 55.2 Å². The molecule has 0 radical (unpaired) electrons. The molecule has 3 rings (SSSR count). The van der Waals surface area contributed by atoms with E-state index >= 15 is 0 Å². The first-order valence-electron chi connectivity index (χ1n) is 7.25. The molecule has 7 heteroatoms. The third-order valence-electron chi connectivity index (χ3n) is 3.43. The summed E-state index contributed by atoms with van der Waals surface area (Å²) in [5.41, 5.74) is 2.08. The zero-order valence-electron chi connectivity index (χ0n) is 12.9. The van der Waals surface area contributed by atoms with E-state index in [-0.39, 0.29) is 0 Å². The van der Waals surface area contributed by atoms with Crippen molar-refractivity contribution < 1.29 is 4.74 Å². The highest BCUT2D eigenvalue weighted by atomic mass is 79.9. The second-order valence-electron chi connectivity index (χ2n) is 5.08. The van der Waals surface area contributed by atoms with Crippen molar-refractivity contribution in [2.45, 2.75) is 6.42 Å². The average Bonchev–Trinajstić information content (AvgIpc) is 2.95. The van der Waals surface area contributed by atoms with Crippen molar-refractivity contribution in [2.75, 3.05) is 7.11 Å². The number of ether oxygens (including phenoxy) is 1. The predicted molar refractivity (Wildman–Crippen MR) is 100 cm³/mol. The van der Waals surface area contributed by atoms with Gasteiger partial charge in [0.05, 0.1) is 13.3 Å². The lowest BCUT2D eigenvalue weighted by molar-refractivity contribution is 0.414. The molecule has 1 N–H and O–H groups in total. The minimum Gasteiger partial charge on any atom is -0.497 e. The van der Waals surface area contributed by atoms with Crippen LogP contribution >= 0.6 is 28.1 Å². The van der Waals surface area contributed by atoms with Crippen LogP contribution in [0.15, 0.2) is 58.1 Å². The van der Waals surface area contributed by atoms with Crippen molar-refractivity contribution in [3.63, 3.8) is 0 Å². The van der Waals surface area contributed by atoms with E-state index in [2.05, 4.69) is 31.2 Å². The van der Waals surface area contributed by atoms with E-state index in [9.17, 15) is 0 Å². The van der Waals surface area contributed by atoms with Gasteiger partial charge in [0.1, 0.15) is 5.75 Å². The maximum atomic E-state index is 5.27. The highest BCUT2D eigenvalue weighted by Crippen LogP contribution is 2.14. The third-order valence-corrected chi connectivity index (χ3v) is 4.22. The Labute approximate surface area is 153 Å². The minimum atomic E-state index is 0.465. The summed E-state index contributed by atoms with van der Waals surface area (Å²) < 4.78 is 8.31. The van der Waals surface area contributed by atoms with Gasteiger partial charge in [0.25, 0.3) is 0 Å². The molecule has 0 aliphatic rings. The summed E-state index contributed by atoms with van der Waals surface area (Å²) in [6.07, 6.45) is 2.38. The molecule has 0 spiro atoms. The summed E-state index contributed by atoms with van der Waals surface area (Å²) in [6.45, 7) is 0.